The highest BCUT2D eigenvalue weighted by Crippen LogP contribution is 2.27. The fourth-order valence-corrected chi connectivity index (χ4v) is 3.10. The van der Waals surface area contributed by atoms with Gasteiger partial charge in [0.05, 0.1) is 18.5 Å². The number of hydrogen-bond donors (Lipinski definition) is 0. The Labute approximate surface area is 150 Å². The van der Waals surface area contributed by atoms with Crippen molar-refractivity contribution in [1.82, 2.24) is 14.8 Å². The molecule has 0 aliphatic rings. The number of likely N-dealkylation sites (N-methyl/N-ethyl adjacent to an activating group) is 1. The van der Waals surface area contributed by atoms with Gasteiger partial charge in [0.1, 0.15) is 5.69 Å². The Bertz CT molecular complexity index is 854. The normalized spacial score (nSPS) is 11.1. The Hall–Kier alpha value is -2.70. The smallest absolute Gasteiger partial charge is 0.269 e. The van der Waals surface area contributed by atoms with E-state index in [9.17, 15) is 4.79 Å². The second-order valence-electron chi connectivity index (χ2n) is 5.45. The highest BCUT2D eigenvalue weighted by Gasteiger charge is 2.11. The molecule has 5 nitrogen and oxygen atoms in total. The standard InChI is InChI=1S/C19H19N3O2S/c1-21(24-2)18(23)11-10-16-14-22(13-15-7-4-3-5-8-15)20-19(16)17-9-6-12-25-17/h3-12,14H,13H2,1-2H3. The Morgan fingerprint density at radius 3 is 2.76 bits per heavy atom. The van der Waals surface area contributed by atoms with Crippen LogP contribution in [-0.2, 0) is 16.2 Å². The lowest BCUT2D eigenvalue weighted by molar-refractivity contribution is -0.162. The van der Waals surface area contributed by atoms with Gasteiger partial charge >= 0.3 is 0 Å². The molecular weight excluding hydrogens is 334 g/mol. The average Bonchev–Trinajstić information content (AvgIpc) is 3.29. The zero-order valence-corrected chi connectivity index (χ0v) is 14.9. The van der Waals surface area contributed by atoms with Gasteiger partial charge in [0.15, 0.2) is 0 Å². The average molecular weight is 353 g/mol. The van der Waals surface area contributed by atoms with Crippen LogP contribution in [0.4, 0.5) is 0 Å². The third-order valence-corrected chi connectivity index (χ3v) is 4.60. The molecular formula is C19H19N3O2S. The first-order valence-corrected chi connectivity index (χ1v) is 8.70. The monoisotopic (exact) mass is 353 g/mol. The van der Waals surface area contributed by atoms with E-state index in [4.69, 9.17) is 9.94 Å². The fraction of sp³-hybridized carbons (Fsp3) is 0.158. The van der Waals surface area contributed by atoms with Gasteiger partial charge in [-0.2, -0.15) is 5.10 Å². The van der Waals surface area contributed by atoms with Crippen LogP contribution < -0.4 is 0 Å². The van der Waals surface area contributed by atoms with Crippen LogP contribution in [0.5, 0.6) is 0 Å². The van der Waals surface area contributed by atoms with Crippen LogP contribution in [0.1, 0.15) is 11.1 Å². The maximum Gasteiger partial charge on any atom is 0.269 e. The van der Waals surface area contributed by atoms with Crippen molar-refractivity contribution in [3.63, 3.8) is 0 Å². The predicted molar refractivity (Wildman–Crippen MR) is 99.9 cm³/mol. The van der Waals surface area contributed by atoms with E-state index in [1.165, 1.54) is 23.8 Å². The van der Waals surface area contributed by atoms with Gasteiger partial charge in [-0.1, -0.05) is 36.4 Å². The number of benzene rings is 1. The number of nitrogens with zero attached hydrogens (tertiary/aromatic N) is 3. The van der Waals surface area contributed by atoms with E-state index in [-0.39, 0.29) is 5.91 Å². The van der Waals surface area contributed by atoms with Crippen molar-refractivity contribution in [2.24, 2.45) is 0 Å². The van der Waals surface area contributed by atoms with E-state index in [1.54, 1.807) is 24.5 Å². The number of amides is 1. The van der Waals surface area contributed by atoms with Crippen LogP contribution in [0.3, 0.4) is 0 Å². The molecule has 0 saturated heterocycles. The number of rotatable bonds is 6. The maximum atomic E-state index is 11.9. The first-order valence-electron chi connectivity index (χ1n) is 7.82. The largest absolute Gasteiger partial charge is 0.274 e. The first kappa shape index (κ1) is 17.1. The number of hydrogen-bond acceptors (Lipinski definition) is 4. The van der Waals surface area contributed by atoms with Crippen molar-refractivity contribution in [1.29, 1.82) is 0 Å². The second-order valence-corrected chi connectivity index (χ2v) is 6.39. The molecule has 1 amide bonds. The Morgan fingerprint density at radius 2 is 2.08 bits per heavy atom. The topological polar surface area (TPSA) is 47.4 Å². The molecule has 6 heteroatoms. The molecule has 0 radical (unpaired) electrons. The summed E-state index contributed by atoms with van der Waals surface area (Å²) in [5.74, 6) is -0.226. The molecule has 2 aromatic heterocycles. The number of carbonyl (C=O) groups is 1. The van der Waals surface area contributed by atoms with Crippen LogP contribution in [0.25, 0.3) is 16.6 Å². The molecule has 25 heavy (non-hydrogen) atoms. The molecule has 0 aliphatic carbocycles. The van der Waals surface area contributed by atoms with E-state index in [0.29, 0.717) is 6.54 Å². The number of hydroxylamine groups is 2. The minimum absolute atomic E-state index is 0.226. The minimum Gasteiger partial charge on any atom is -0.274 e. The van der Waals surface area contributed by atoms with Crippen molar-refractivity contribution in [2.45, 2.75) is 6.54 Å². The van der Waals surface area contributed by atoms with Crippen molar-refractivity contribution in [2.75, 3.05) is 14.2 Å². The summed E-state index contributed by atoms with van der Waals surface area (Å²) < 4.78 is 1.90. The van der Waals surface area contributed by atoms with Crippen molar-refractivity contribution in [3.05, 3.63) is 71.2 Å². The summed E-state index contributed by atoms with van der Waals surface area (Å²) >= 11 is 1.63. The Morgan fingerprint density at radius 1 is 1.28 bits per heavy atom. The van der Waals surface area contributed by atoms with Crippen molar-refractivity contribution < 1.29 is 9.63 Å². The van der Waals surface area contributed by atoms with Gasteiger partial charge < -0.3 is 0 Å². The molecule has 0 N–H and O–H groups in total. The van der Waals surface area contributed by atoms with Crippen LogP contribution >= 0.6 is 11.3 Å². The van der Waals surface area contributed by atoms with Gasteiger partial charge in [-0.15, -0.1) is 11.3 Å². The van der Waals surface area contributed by atoms with Gasteiger partial charge in [0.2, 0.25) is 0 Å². The summed E-state index contributed by atoms with van der Waals surface area (Å²) in [6, 6.07) is 14.2. The molecule has 0 bridgehead atoms. The van der Waals surface area contributed by atoms with Crippen LogP contribution in [-0.4, -0.2) is 34.9 Å². The number of carbonyl (C=O) groups excluding carboxylic acids is 1. The van der Waals surface area contributed by atoms with Gasteiger partial charge in [0.25, 0.3) is 5.91 Å². The zero-order valence-electron chi connectivity index (χ0n) is 14.1. The predicted octanol–water partition coefficient (Wildman–Crippen LogP) is 3.69. The van der Waals surface area contributed by atoms with E-state index in [1.807, 2.05) is 46.6 Å². The number of aromatic nitrogens is 2. The van der Waals surface area contributed by atoms with E-state index in [0.717, 1.165) is 16.1 Å². The Balaban J connectivity index is 1.90. The lowest BCUT2D eigenvalue weighted by Gasteiger charge is -2.09. The highest BCUT2D eigenvalue weighted by atomic mass is 32.1. The van der Waals surface area contributed by atoms with Gasteiger partial charge in [-0.25, -0.2) is 5.06 Å². The summed E-state index contributed by atoms with van der Waals surface area (Å²) in [5, 5.41) is 7.90. The number of thiophene rings is 1. The third-order valence-electron chi connectivity index (χ3n) is 3.72. The van der Waals surface area contributed by atoms with Gasteiger partial charge in [-0.3, -0.25) is 14.3 Å². The zero-order chi connectivity index (χ0) is 17.6. The lowest BCUT2D eigenvalue weighted by atomic mass is 10.2. The molecule has 0 saturated carbocycles. The minimum atomic E-state index is -0.226. The third kappa shape index (κ3) is 4.23. The maximum absolute atomic E-state index is 11.9. The van der Waals surface area contributed by atoms with Crippen LogP contribution in [0.15, 0.2) is 60.1 Å². The lowest BCUT2D eigenvalue weighted by Crippen LogP contribution is -2.22. The molecule has 0 aliphatic heterocycles. The molecule has 0 spiro atoms. The molecule has 2 heterocycles. The van der Waals surface area contributed by atoms with Crippen molar-refractivity contribution >= 4 is 23.3 Å². The first-order chi connectivity index (χ1) is 12.2. The highest BCUT2D eigenvalue weighted by molar-refractivity contribution is 7.13. The van der Waals surface area contributed by atoms with Crippen molar-refractivity contribution in [3.8, 4) is 10.6 Å². The molecule has 0 atom stereocenters. The van der Waals surface area contributed by atoms with Crippen LogP contribution in [0, 0.1) is 0 Å². The Kier molecular flexibility index (Phi) is 5.42. The molecule has 128 valence electrons. The molecule has 3 rings (SSSR count). The molecule has 1 aromatic carbocycles. The van der Waals surface area contributed by atoms with E-state index >= 15 is 0 Å². The quantitative estimate of drug-likeness (QED) is 0.501. The van der Waals surface area contributed by atoms with Crippen LogP contribution in [0.2, 0.25) is 0 Å². The second kappa shape index (κ2) is 7.92. The summed E-state index contributed by atoms with van der Waals surface area (Å²) in [6.45, 7) is 0.680. The summed E-state index contributed by atoms with van der Waals surface area (Å²) in [4.78, 5) is 17.9. The summed E-state index contributed by atoms with van der Waals surface area (Å²) in [7, 11) is 3.03. The summed E-state index contributed by atoms with van der Waals surface area (Å²) in [6.07, 6.45) is 5.23. The fourth-order valence-electron chi connectivity index (χ4n) is 2.37. The molecule has 0 unspecified atom stereocenters. The summed E-state index contributed by atoms with van der Waals surface area (Å²) in [5.41, 5.74) is 2.94. The van der Waals surface area contributed by atoms with E-state index < -0.39 is 0 Å². The molecule has 0 fully saturated rings. The van der Waals surface area contributed by atoms with E-state index in [2.05, 4.69) is 12.1 Å². The molecule has 3 aromatic rings. The SMILES string of the molecule is CON(C)C(=O)C=Cc1cn(Cc2ccccc2)nc1-c1cccs1. The van der Waals surface area contributed by atoms with Gasteiger partial charge in [0, 0.05) is 24.9 Å². The van der Waals surface area contributed by atoms with Gasteiger partial charge in [-0.05, 0) is 23.1 Å².